The van der Waals surface area contributed by atoms with E-state index in [2.05, 4.69) is 48.3 Å². The maximum Gasteiger partial charge on any atom is 0.0343 e. The van der Waals surface area contributed by atoms with Gasteiger partial charge in [-0.2, -0.15) is 0 Å². The minimum absolute atomic E-state index is 0.756. The zero-order chi connectivity index (χ0) is 12.8. The van der Waals surface area contributed by atoms with Crippen LogP contribution in [0.3, 0.4) is 0 Å². The molecular weight excluding hydrogens is 220 g/mol. The van der Waals surface area contributed by atoms with Crippen LogP contribution in [0.15, 0.2) is 24.3 Å². The minimum Gasteiger partial charge on any atom is -0.384 e. The first kappa shape index (κ1) is 13.4. The van der Waals surface area contributed by atoms with Crippen molar-refractivity contribution in [1.82, 2.24) is 4.90 Å². The van der Waals surface area contributed by atoms with E-state index in [1.807, 2.05) is 0 Å². The van der Waals surface area contributed by atoms with Crippen LogP contribution in [0.25, 0.3) is 0 Å². The van der Waals surface area contributed by atoms with E-state index >= 15 is 0 Å². The van der Waals surface area contributed by atoms with E-state index < -0.39 is 0 Å². The lowest BCUT2D eigenvalue weighted by Gasteiger charge is -2.27. The molecule has 1 saturated heterocycles. The SMILES string of the molecule is Cc1cccc(NCCN2CCCCCC2C)c1. The second-order valence-corrected chi connectivity index (χ2v) is 5.53. The van der Waals surface area contributed by atoms with Crippen molar-refractivity contribution in [2.24, 2.45) is 0 Å². The van der Waals surface area contributed by atoms with E-state index in [0.717, 1.165) is 19.1 Å². The summed E-state index contributed by atoms with van der Waals surface area (Å²) in [6.45, 7) is 8.00. The van der Waals surface area contributed by atoms with Gasteiger partial charge in [-0.05, 0) is 50.9 Å². The van der Waals surface area contributed by atoms with E-state index in [9.17, 15) is 0 Å². The minimum atomic E-state index is 0.756. The molecule has 100 valence electrons. The van der Waals surface area contributed by atoms with Gasteiger partial charge in [-0.25, -0.2) is 0 Å². The van der Waals surface area contributed by atoms with Crippen LogP contribution in [-0.2, 0) is 0 Å². The Hall–Kier alpha value is -1.02. The number of nitrogens with zero attached hydrogens (tertiary/aromatic N) is 1. The predicted octanol–water partition coefficient (Wildman–Crippen LogP) is 3.67. The van der Waals surface area contributed by atoms with Crippen LogP contribution in [0.2, 0.25) is 0 Å². The highest BCUT2D eigenvalue weighted by atomic mass is 15.2. The molecule has 2 nitrogen and oxygen atoms in total. The van der Waals surface area contributed by atoms with Gasteiger partial charge in [-0.1, -0.05) is 25.0 Å². The maximum absolute atomic E-state index is 3.53. The molecule has 1 atom stereocenters. The standard InChI is InChI=1S/C16H26N2/c1-14-7-6-9-16(13-14)17-10-12-18-11-5-3-4-8-15(18)2/h6-7,9,13,15,17H,3-5,8,10-12H2,1-2H3. The fraction of sp³-hybridized carbons (Fsp3) is 0.625. The second kappa shape index (κ2) is 6.79. The van der Waals surface area contributed by atoms with Gasteiger partial charge in [0.15, 0.2) is 0 Å². The lowest BCUT2D eigenvalue weighted by molar-refractivity contribution is 0.222. The summed E-state index contributed by atoms with van der Waals surface area (Å²) in [5.74, 6) is 0. The summed E-state index contributed by atoms with van der Waals surface area (Å²) in [7, 11) is 0. The Balaban J connectivity index is 1.77. The van der Waals surface area contributed by atoms with Crippen LogP contribution in [-0.4, -0.2) is 30.6 Å². The third-order valence-corrected chi connectivity index (χ3v) is 3.94. The molecule has 1 unspecified atom stereocenters. The molecule has 0 spiro atoms. The summed E-state index contributed by atoms with van der Waals surface area (Å²) < 4.78 is 0. The summed E-state index contributed by atoms with van der Waals surface area (Å²) in [6.07, 6.45) is 5.55. The predicted molar refractivity (Wildman–Crippen MR) is 79.2 cm³/mol. The molecule has 0 bridgehead atoms. The van der Waals surface area contributed by atoms with Crippen LogP contribution in [0, 0.1) is 6.92 Å². The first-order chi connectivity index (χ1) is 8.75. The van der Waals surface area contributed by atoms with Gasteiger partial charge >= 0.3 is 0 Å². The second-order valence-electron chi connectivity index (χ2n) is 5.53. The lowest BCUT2D eigenvalue weighted by Crippen LogP contribution is -2.36. The molecule has 2 heteroatoms. The van der Waals surface area contributed by atoms with E-state index in [-0.39, 0.29) is 0 Å². The Labute approximate surface area is 111 Å². The van der Waals surface area contributed by atoms with E-state index in [1.54, 1.807) is 0 Å². The molecule has 1 aliphatic heterocycles. The highest BCUT2D eigenvalue weighted by molar-refractivity contribution is 5.45. The van der Waals surface area contributed by atoms with Crippen LogP contribution < -0.4 is 5.32 Å². The summed E-state index contributed by atoms with van der Waals surface area (Å²) in [5.41, 5.74) is 2.57. The highest BCUT2D eigenvalue weighted by Gasteiger charge is 2.15. The Morgan fingerprint density at radius 3 is 3.00 bits per heavy atom. The van der Waals surface area contributed by atoms with Crippen LogP contribution in [0.4, 0.5) is 5.69 Å². The summed E-state index contributed by atoms with van der Waals surface area (Å²) in [5, 5.41) is 3.53. The first-order valence-corrected chi connectivity index (χ1v) is 7.30. The largest absolute Gasteiger partial charge is 0.384 e. The quantitative estimate of drug-likeness (QED) is 0.872. The Morgan fingerprint density at radius 1 is 1.28 bits per heavy atom. The maximum atomic E-state index is 3.53. The highest BCUT2D eigenvalue weighted by Crippen LogP contribution is 2.16. The van der Waals surface area contributed by atoms with E-state index in [4.69, 9.17) is 0 Å². The molecule has 1 heterocycles. The summed E-state index contributed by atoms with van der Waals surface area (Å²) in [4.78, 5) is 2.63. The van der Waals surface area contributed by atoms with E-state index in [1.165, 1.54) is 43.5 Å². The number of nitrogens with one attached hydrogen (secondary N) is 1. The van der Waals surface area contributed by atoms with Crippen molar-refractivity contribution in [3.8, 4) is 0 Å². The van der Waals surface area contributed by atoms with Crippen molar-refractivity contribution in [3.05, 3.63) is 29.8 Å². The molecule has 0 aliphatic carbocycles. The Bertz CT molecular complexity index is 362. The average Bonchev–Trinajstić information content (AvgIpc) is 2.55. The van der Waals surface area contributed by atoms with Gasteiger partial charge in [0.25, 0.3) is 0 Å². The molecule has 1 aliphatic rings. The normalized spacial score (nSPS) is 21.6. The topological polar surface area (TPSA) is 15.3 Å². The number of anilines is 1. The zero-order valence-electron chi connectivity index (χ0n) is 11.8. The number of hydrogen-bond acceptors (Lipinski definition) is 2. The van der Waals surface area contributed by atoms with Crippen molar-refractivity contribution in [1.29, 1.82) is 0 Å². The fourth-order valence-corrected chi connectivity index (χ4v) is 2.77. The number of hydrogen-bond donors (Lipinski definition) is 1. The molecule has 1 fully saturated rings. The average molecular weight is 246 g/mol. The summed E-state index contributed by atoms with van der Waals surface area (Å²) >= 11 is 0. The van der Waals surface area contributed by atoms with Gasteiger partial charge in [-0.15, -0.1) is 0 Å². The van der Waals surface area contributed by atoms with Gasteiger partial charge < -0.3 is 5.32 Å². The molecule has 0 radical (unpaired) electrons. The molecule has 0 aromatic heterocycles. The van der Waals surface area contributed by atoms with Crippen molar-refractivity contribution in [2.45, 2.75) is 45.6 Å². The van der Waals surface area contributed by atoms with Gasteiger partial charge in [0, 0.05) is 24.8 Å². The fourth-order valence-electron chi connectivity index (χ4n) is 2.77. The Kier molecular flexibility index (Phi) is 5.06. The lowest BCUT2D eigenvalue weighted by atomic mass is 10.1. The van der Waals surface area contributed by atoms with Crippen LogP contribution in [0.5, 0.6) is 0 Å². The monoisotopic (exact) mass is 246 g/mol. The number of aryl methyl sites for hydroxylation is 1. The molecule has 0 amide bonds. The van der Waals surface area contributed by atoms with Crippen molar-refractivity contribution >= 4 is 5.69 Å². The number of rotatable bonds is 4. The zero-order valence-corrected chi connectivity index (χ0v) is 11.8. The van der Waals surface area contributed by atoms with Crippen molar-refractivity contribution < 1.29 is 0 Å². The van der Waals surface area contributed by atoms with Gasteiger partial charge in [0.05, 0.1) is 0 Å². The third-order valence-electron chi connectivity index (χ3n) is 3.94. The third kappa shape index (κ3) is 4.02. The van der Waals surface area contributed by atoms with Crippen molar-refractivity contribution in [2.75, 3.05) is 25.0 Å². The molecule has 1 aromatic carbocycles. The molecule has 1 aromatic rings. The first-order valence-electron chi connectivity index (χ1n) is 7.30. The van der Waals surface area contributed by atoms with Gasteiger partial charge in [0.2, 0.25) is 0 Å². The van der Waals surface area contributed by atoms with Gasteiger partial charge in [0.1, 0.15) is 0 Å². The molecule has 1 N–H and O–H groups in total. The molecule has 18 heavy (non-hydrogen) atoms. The van der Waals surface area contributed by atoms with Crippen LogP contribution >= 0.6 is 0 Å². The van der Waals surface area contributed by atoms with Crippen LogP contribution in [0.1, 0.15) is 38.2 Å². The Morgan fingerprint density at radius 2 is 2.17 bits per heavy atom. The summed E-state index contributed by atoms with van der Waals surface area (Å²) in [6, 6.07) is 9.38. The molecule has 2 rings (SSSR count). The molecular formula is C16H26N2. The smallest absolute Gasteiger partial charge is 0.0343 e. The van der Waals surface area contributed by atoms with Crippen molar-refractivity contribution in [3.63, 3.8) is 0 Å². The number of likely N-dealkylation sites (tertiary alicyclic amines) is 1. The van der Waals surface area contributed by atoms with E-state index in [0.29, 0.717) is 0 Å². The number of benzene rings is 1. The van der Waals surface area contributed by atoms with Gasteiger partial charge in [-0.3, -0.25) is 4.90 Å². The molecule has 0 saturated carbocycles.